The van der Waals surface area contributed by atoms with Crippen molar-refractivity contribution in [3.8, 4) is 0 Å². The second-order valence-electron chi connectivity index (χ2n) is 6.80. The Hall–Kier alpha value is -1.65. The third-order valence-corrected chi connectivity index (χ3v) is 4.33. The number of carboxylic acids is 1. The van der Waals surface area contributed by atoms with Crippen molar-refractivity contribution in [2.24, 2.45) is 11.3 Å². The maximum Gasteiger partial charge on any atom is 0.303 e. The van der Waals surface area contributed by atoms with E-state index in [0.29, 0.717) is 30.5 Å². The fourth-order valence-electron chi connectivity index (χ4n) is 2.61. The van der Waals surface area contributed by atoms with Gasteiger partial charge in [-0.3, -0.25) is 19.3 Å². The number of hydrogen-bond acceptors (Lipinski definition) is 3. The molecule has 0 aromatic heterocycles. The van der Waals surface area contributed by atoms with Crippen LogP contribution < -0.4 is 0 Å². The SMILES string of the molecule is CC1=C(C)C(=O)N(CCC(CCC(=O)O)C(C)(C)C)C1=O. The van der Waals surface area contributed by atoms with Crippen molar-refractivity contribution >= 4 is 17.8 Å². The highest BCUT2D eigenvalue weighted by atomic mass is 16.4. The zero-order chi connectivity index (χ0) is 16.4. The van der Waals surface area contributed by atoms with Gasteiger partial charge in [0, 0.05) is 24.1 Å². The van der Waals surface area contributed by atoms with E-state index in [0.717, 1.165) is 0 Å². The van der Waals surface area contributed by atoms with Gasteiger partial charge in [0.05, 0.1) is 0 Å². The Labute approximate surface area is 126 Å². The first-order valence-corrected chi connectivity index (χ1v) is 7.31. The number of amides is 2. The third-order valence-electron chi connectivity index (χ3n) is 4.33. The van der Waals surface area contributed by atoms with Gasteiger partial charge in [-0.2, -0.15) is 0 Å². The Morgan fingerprint density at radius 3 is 1.95 bits per heavy atom. The molecule has 0 aliphatic carbocycles. The van der Waals surface area contributed by atoms with Gasteiger partial charge in [-0.25, -0.2) is 0 Å². The number of carbonyl (C=O) groups is 3. The highest BCUT2D eigenvalue weighted by molar-refractivity contribution is 6.18. The number of nitrogens with zero attached hydrogens (tertiary/aromatic N) is 1. The summed E-state index contributed by atoms with van der Waals surface area (Å²) in [5.41, 5.74) is 0.967. The van der Waals surface area contributed by atoms with E-state index in [1.165, 1.54) is 4.90 Å². The number of hydrogen-bond donors (Lipinski definition) is 1. The standard InChI is InChI=1S/C16H25NO4/c1-10-11(2)15(21)17(14(10)20)9-8-12(16(3,4)5)6-7-13(18)19/h12H,6-9H2,1-5H3,(H,18,19). The lowest BCUT2D eigenvalue weighted by atomic mass is 9.76. The molecule has 1 unspecified atom stereocenters. The lowest BCUT2D eigenvalue weighted by Gasteiger charge is -2.31. The largest absolute Gasteiger partial charge is 0.481 e. The Bertz CT molecular complexity index is 461. The summed E-state index contributed by atoms with van der Waals surface area (Å²) in [6.07, 6.45) is 1.30. The van der Waals surface area contributed by atoms with Crippen LogP contribution in [0.5, 0.6) is 0 Å². The van der Waals surface area contributed by atoms with E-state index in [9.17, 15) is 14.4 Å². The van der Waals surface area contributed by atoms with Crippen LogP contribution in [-0.4, -0.2) is 34.3 Å². The molecule has 0 fully saturated rings. The van der Waals surface area contributed by atoms with Crippen molar-refractivity contribution in [2.75, 3.05) is 6.54 Å². The van der Waals surface area contributed by atoms with E-state index >= 15 is 0 Å². The van der Waals surface area contributed by atoms with E-state index < -0.39 is 5.97 Å². The first-order valence-electron chi connectivity index (χ1n) is 7.31. The quantitative estimate of drug-likeness (QED) is 0.764. The molecule has 1 atom stereocenters. The lowest BCUT2D eigenvalue weighted by molar-refractivity contribution is -0.139. The van der Waals surface area contributed by atoms with E-state index in [4.69, 9.17) is 5.11 Å². The Kier molecular flexibility index (Phi) is 5.31. The van der Waals surface area contributed by atoms with E-state index in [2.05, 4.69) is 20.8 Å². The van der Waals surface area contributed by atoms with Gasteiger partial charge in [0.15, 0.2) is 0 Å². The molecular formula is C16H25NO4. The molecule has 0 aromatic carbocycles. The summed E-state index contributed by atoms with van der Waals surface area (Å²) in [4.78, 5) is 36.1. The van der Waals surface area contributed by atoms with Gasteiger partial charge in [-0.05, 0) is 38.0 Å². The zero-order valence-electron chi connectivity index (χ0n) is 13.5. The van der Waals surface area contributed by atoms with Gasteiger partial charge in [0.25, 0.3) is 11.8 Å². The maximum absolute atomic E-state index is 12.0. The van der Waals surface area contributed by atoms with Crippen LogP contribution in [0.15, 0.2) is 11.1 Å². The molecule has 5 heteroatoms. The minimum atomic E-state index is -0.814. The molecular weight excluding hydrogens is 270 g/mol. The normalized spacial score (nSPS) is 17.7. The molecule has 1 N–H and O–H groups in total. The Morgan fingerprint density at radius 2 is 1.57 bits per heavy atom. The maximum atomic E-state index is 12.0. The summed E-state index contributed by atoms with van der Waals surface area (Å²) < 4.78 is 0. The number of imide groups is 1. The van der Waals surface area contributed by atoms with Crippen molar-refractivity contribution in [3.63, 3.8) is 0 Å². The molecule has 1 aliphatic heterocycles. The summed E-state index contributed by atoms with van der Waals surface area (Å²) in [7, 11) is 0. The van der Waals surface area contributed by atoms with Gasteiger partial charge < -0.3 is 5.11 Å². The number of carbonyl (C=O) groups excluding carboxylic acids is 2. The van der Waals surface area contributed by atoms with Crippen molar-refractivity contribution in [2.45, 2.75) is 53.9 Å². The molecule has 0 radical (unpaired) electrons. The lowest BCUT2D eigenvalue weighted by Crippen LogP contribution is -2.35. The second-order valence-corrected chi connectivity index (χ2v) is 6.80. The van der Waals surface area contributed by atoms with Crippen LogP contribution in [0, 0.1) is 11.3 Å². The van der Waals surface area contributed by atoms with Crippen LogP contribution in [-0.2, 0) is 14.4 Å². The molecule has 0 spiro atoms. The predicted octanol–water partition coefficient (Wildman–Crippen LogP) is 2.61. The molecule has 1 heterocycles. The fraction of sp³-hybridized carbons (Fsp3) is 0.688. The minimum absolute atomic E-state index is 0.0568. The van der Waals surface area contributed by atoms with Crippen molar-refractivity contribution in [3.05, 3.63) is 11.1 Å². The van der Waals surface area contributed by atoms with Crippen molar-refractivity contribution in [1.29, 1.82) is 0 Å². The van der Waals surface area contributed by atoms with Crippen molar-refractivity contribution < 1.29 is 19.5 Å². The third kappa shape index (κ3) is 4.16. The van der Waals surface area contributed by atoms with Crippen LogP contribution >= 0.6 is 0 Å². The summed E-state index contributed by atoms with van der Waals surface area (Å²) in [5, 5.41) is 8.84. The molecule has 0 bridgehead atoms. The Morgan fingerprint density at radius 1 is 1.10 bits per heavy atom. The molecule has 21 heavy (non-hydrogen) atoms. The average Bonchev–Trinajstić information content (AvgIpc) is 2.53. The number of rotatable bonds is 6. The first kappa shape index (κ1) is 17.4. The Balaban J connectivity index is 2.68. The van der Waals surface area contributed by atoms with Gasteiger partial charge in [-0.15, -0.1) is 0 Å². The minimum Gasteiger partial charge on any atom is -0.481 e. The van der Waals surface area contributed by atoms with Crippen molar-refractivity contribution in [1.82, 2.24) is 4.90 Å². The summed E-state index contributed by atoms with van der Waals surface area (Å²) in [5.74, 6) is -1.10. The topological polar surface area (TPSA) is 74.7 Å². The van der Waals surface area contributed by atoms with Gasteiger partial charge >= 0.3 is 5.97 Å². The fourth-order valence-corrected chi connectivity index (χ4v) is 2.61. The molecule has 0 saturated carbocycles. The molecule has 118 valence electrons. The molecule has 2 amide bonds. The average molecular weight is 295 g/mol. The van der Waals surface area contributed by atoms with Crippen LogP contribution in [0.1, 0.15) is 53.9 Å². The first-order chi connectivity index (χ1) is 9.55. The summed E-state index contributed by atoms with van der Waals surface area (Å²) >= 11 is 0. The molecule has 0 aromatic rings. The van der Waals surface area contributed by atoms with Gasteiger partial charge in [0.2, 0.25) is 0 Å². The second kappa shape index (κ2) is 6.41. The molecule has 0 saturated heterocycles. The number of carboxylic acid groups (broad SMARTS) is 1. The van der Waals surface area contributed by atoms with Crippen LogP contribution in [0.2, 0.25) is 0 Å². The van der Waals surface area contributed by atoms with Crippen LogP contribution in [0.25, 0.3) is 0 Å². The molecule has 1 aliphatic rings. The smallest absolute Gasteiger partial charge is 0.303 e. The van der Waals surface area contributed by atoms with Gasteiger partial charge in [-0.1, -0.05) is 20.8 Å². The predicted molar refractivity (Wildman–Crippen MR) is 79.5 cm³/mol. The van der Waals surface area contributed by atoms with E-state index in [1.54, 1.807) is 13.8 Å². The highest BCUT2D eigenvalue weighted by Crippen LogP contribution is 2.33. The van der Waals surface area contributed by atoms with E-state index in [1.807, 2.05) is 0 Å². The summed E-state index contributed by atoms with van der Waals surface area (Å²) in [6, 6.07) is 0. The number of aliphatic carboxylic acids is 1. The van der Waals surface area contributed by atoms with Gasteiger partial charge in [0.1, 0.15) is 0 Å². The molecule has 5 nitrogen and oxygen atoms in total. The van der Waals surface area contributed by atoms with Crippen LogP contribution in [0.4, 0.5) is 0 Å². The molecule has 1 rings (SSSR count). The zero-order valence-corrected chi connectivity index (χ0v) is 13.5. The monoisotopic (exact) mass is 295 g/mol. The summed E-state index contributed by atoms with van der Waals surface area (Å²) in [6.45, 7) is 9.86. The highest BCUT2D eigenvalue weighted by Gasteiger charge is 2.34. The van der Waals surface area contributed by atoms with E-state index in [-0.39, 0.29) is 29.6 Å². The van der Waals surface area contributed by atoms with Crippen LogP contribution in [0.3, 0.4) is 0 Å².